The van der Waals surface area contributed by atoms with Gasteiger partial charge in [0.1, 0.15) is 5.75 Å². The zero-order valence-electron chi connectivity index (χ0n) is 12.8. The number of nitrogens with two attached hydrogens (primary N) is 1. The molecule has 0 saturated heterocycles. The number of rotatable bonds is 7. The molecule has 0 aromatic heterocycles. The largest absolute Gasteiger partial charge is 0.484 e. The zero-order chi connectivity index (χ0) is 15.8. The number of hydrogen-bond donors (Lipinski definition) is 2. The van der Waals surface area contributed by atoms with Crippen LogP contribution >= 0.6 is 0 Å². The summed E-state index contributed by atoms with van der Waals surface area (Å²) in [4.78, 5) is 24.8. The Morgan fingerprint density at radius 2 is 1.95 bits per heavy atom. The number of benzene rings is 1. The Morgan fingerprint density at radius 1 is 1.33 bits per heavy atom. The molecule has 0 saturated carbocycles. The third-order valence-electron chi connectivity index (χ3n) is 3.19. The van der Waals surface area contributed by atoms with Crippen molar-refractivity contribution >= 4 is 11.8 Å². The van der Waals surface area contributed by atoms with Gasteiger partial charge < -0.3 is 20.7 Å². The van der Waals surface area contributed by atoms with E-state index >= 15 is 0 Å². The van der Waals surface area contributed by atoms with E-state index in [1.807, 2.05) is 12.1 Å². The van der Waals surface area contributed by atoms with Crippen LogP contribution in [-0.4, -0.2) is 44.0 Å². The van der Waals surface area contributed by atoms with E-state index in [1.165, 1.54) is 4.90 Å². The first kappa shape index (κ1) is 17.0. The van der Waals surface area contributed by atoms with Gasteiger partial charge in [0.25, 0.3) is 5.91 Å². The molecule has 0 aliphatic rings. The van der Waals surface area contributed by atoms with E-state index in [0.29, 0.717) is 18.8 Å². The van der Waals surface area contributed by atoms with Gasteiger partial charge in [-0.05, 0) is 17.7 Å². The lowest BCUT2D eigenvalue weighted by molar-refractivity contribution is -0.133. The van der Waals surface area contributed by atoms with Crippen LogP contribution in [0.4, 0.5) is 0 Å². The minimum Gasteiger partial charge on any atom is -0.484 e. The average Bonchev–Trinajstić information content (AvgIpc) is 2.51. The highest BCUT2D eigenvalue weighted by Crippen LogP contribution is 2.12. The lowest BCUT2D eigenvalue weighted by Crippen LogP contribution is -2.39. The molecule has 3 N–H and O–H groups in total. The molecular weight excluding hydrogens is 270 g/mol. The fourth-order valence-corrected chi connectivity index (χ4v) is 1.82. The second kappa shape index (κ2) is 8.26. The summed E-state index contributed by atoms with van der Waals surface area (Å²) >= 11 is 0. The van der Waals surface area contributed by atoms with E-state index < -0.39 is 0 Å². The number of carbonyl (C=O) groups is 2. The van der Waals surface area contributed by atoms with E-state index in [-0.39, 0.29) is 24.3 Å². The highest BCUT2D eigenvalue weighted by molar-refractivity contribution is 5.80. The smallest absolute Gasteiger partial charge is 0.260 e. The second-order valence-electron chi connectivity index (χ2n) is 4.93. The Labute approximate surface area is 125 Å². The number of hydrogen-bond acceptors (Lipinski definition) is 4. The molecule has 21 heavy (non-hydrogen) atoms. The molecule has 1 rings (SSSR count). The topological polar surface area (TPSA) is 84.7 Å². The Morgan fingerprint density at radius 3 is 2.48 bits per heavy atom. The first-order valence-electron chi connectivity index (χ1n) is 6.85. The third kappa shape index (κ3) is 5.43. The zero-order valence-corrected chi connectivity index (χ0v) is 12.8. The lowest BCUT2D eigenvalue weighted by Gasteiger charge is -2.20. The Kier molecular flexibility index (Phi) is 6.68. The first-order chi connectivity index (χ1) is 9.97. The predicted molar refractivity (Wildman–Crippen MR) is 80.7 cm³/mol. The van der Waals surface area contributed by atoms with Crippen molar-refractivity contribution in [2.75, 3.05) is 27.2 Å². The molecule has 0 heterocycles. The van der Waals surface area contributed by atoms with Gasteiger partial charge in [-0.2, -0.15) is 0 Å². The van der Waals surface area contributed by atoms with Gasteiger partial charge >= 0.3 is 0 Å². The molecule has 0 spiro atoms. The van der Waals surface area contributed by atoms with Gasteiger partial charge in [-0.3, -0.25) is 9.59 Å². The summed E-state index contributed by atoms with van der Waals surface area (Å²) in [5.41, 5.74) is 6.51. The highest BCUT2D eigenvalue weighted by Gasteiger charge is 2.17. The Hall–Kier alpha value is -2.08. The number of ether oxygens (including phenoxy) is 1. The van der Waals surface area contributed by atoms with Gasteiger partial charge in [0.05, 0.1) is 5.92 Å². The fourth-order valence-electron chi connectivity index (χ4n) is 1.82. The van der Waals surface area contributed by atoms with E-state index in [4.69, 9.17) is 10.5 Å². The number of carbonyl (C=O) groups excluding carboxylic acids is 2. The molecule has 0 aliphatic heterocycles. The Balaban J connectivity index is 2.43. The molecule has 1 aromatic rings. The molecule has 1 atom stereocenters. The van der Waals surface area contributed by atoms with Crippen LogP contribution < -0.4 is 15.8 Å². The Bertz CT molecular complexity index is 474. The maximum absolute atomic E-state index is 11.9. The standard InChI is InChI=1S/C15H23N3O3/c1-11(15(20)17-2)9-18(3)14(19)10-21-13-6-4-12(8-16)5-7-13/h4-7,11H,8-10,16H2,1-3H3,(H,17,20). The van der Waals surface area contributed by atoms with E-state index in [0.717, 1.165) is 5.56 Å². The number of nitrogens with one attached hydrogen (secondary N) is 1. The van der Waals surface area contributed by atoms with Gasteiger partial charge in [0.2, 0.25) is 5.91 Å². The lowest BCUT2D eigenvalue weighted by atomic mass is 10.1. The summed E-state index contributed by atoms with van der Waals surface area (Å²) in [5.74, 6) is 0.0997. The monoisotopic (exact) mass is 293 g/mol. The van der Waals surface area contributed by atoms with Crippen LogP contribution in [0.2, 0.25) is 0 Å². The van der Waals surface area contributed by atoms with Crippen LogP contribution in [0.3, 0.4) is 0 Å². The first-order valence-corrected chi connectivity index (χ1v) is 6.85. The quantitative estimate of drug-likeness (QED) is 0.760. The van der Waals surface area contributed by atoms with Crippen molar-refractivity contribution in [3.63, 3.8) is 0 Å². The maximum atomic E-state index is 11.9. The molecule has 0 radical (unpaired) electrons. The minimum atomic E-state index is -0.257. The highest BCUT2D eigenvalue weighted by atomic mass is 16.5. The normalized spacial score (nSPS) is 11.6. The van der Waals surface area contributed by atoms with Crippen molar-refractivity contribution in [2.24, 2.45) is 11.7 Å². The molecule has 1 aromatic carbocycles. The number of likely N-dealkylation sites (N-methyl/N-ethyl adjacent to an activating group) is 1. The van der Waals surface area contributed by atoms with Crippen LogP contribution in [0.25, 0.3) is 0 Å². The number of amides is 2. The molecule has 0 aliphatic carbocycles. The van der Waals surface area contributed by atoms with E-state index in [2.05, 4.69) is 5.32 Å². The molecule has 6 heteroatoms. The fraction of sp³-hybridized carbons (Fsp3) is 0.467. The van der Waals surface area contributed by atoms with Gasteiger partial charge in [-0.15, -0.1) is 0 Å². The van der Waals surface area contributed by atoms with Crippen molar-refractivity contribution in [1.82, 2.24) is 10.2 Å². The third-order valence-corrected chi connectivity index (χ3v) is 3.19. The maximum Gasteiger partial charge on any atom is 0.260 e. The predicted octanol–water partition coefficient (Wildman–Crippen LogP) is 0.365. The van der Waals surface area contributed by atoms with Crippen molar-refractivity contribution < 1.29 is 14.3 Å². The SMILES string of the molecule is CNC(=O)C(C)CN(C)C(=O)COc1ccc(CN)cc1. The average molecular weight is 293 g/mol. The number of nitrogens with zero attached hydrogens (tertiary/aromatic N) is 1. The second-order valence-corrected chi connectivity index (χ2v) is 4.93. The van der Waals surface area contributed by atoms with Crippen molar-refractivity contribution in [3.05, 3.63) is 29.8 Å². The molecule has 0 bridgehead atoms. The van der Waals surface area contributed by atoms with E-state index in [9.17, 15) is 9.59 Å². The summed E-state index contributed by atoms with van der Waals surface area (Å²) in [6, 6.07) is 7.28. The van der Waals surface area contributed by atoms with Crippen LogP contribution in [0.5, 0.6) is 5.75 Å². The van der Waals surface area contributed by atoms with Crippen LogP contribution in [0.1, 0.15) is 12.5 Å². The van der Waals surface area contributed by atoms with Gasteiger partial charge in [-0.1, -0.05) is 19.1 Å². The van der Waals surface area contributed by atoms with Crippen LogP contribution in [-0.2, 0) is 16.1 Å². The molecule has 2 amide bonds. The van der Waals surface area contributed by atoms with Crippen LogP contribution in [0.15, 0.2) is 24.3 Å². The summed E-state index contributed by atoms with van der Waals surface area (Å²) in [5, 5.41) is 2.56. The summed E-state index contributed by atoms with van der Waals surface area (Å²) in [6.45, 7) is 2.54. The van der Waals surface area contributed by atoms with Gasteiger partial charge in [0, 0.05) is 27.2 Å². The van der Waals surface area contributed by atoms with Crippen LogP contribution in [0, 0.1) is 5.92 Å². The van der Waals surface area contributed by atoms with Gasteiger partial charge in [-0.25, -0.2) is 0 Å². The van der Waals surface area contributed by atoms with Gasteiger partial charge in [0.15, 0.2) is 6.61 Å². The minimum absolute atomic E-state index is 0.0566. The molecule has 0 fully saturated rings. The van der Waals surface area contributed by atoms with Crippen molar-refractivity contribution in [2.45, 2.75) is 13.5 Å². The molecule has 1 unspecified atom stereocenters. The molecule has 6 nitrogen and oxygen atoms in total. The molecular formula is C15H23N3O3. The van der Waals surface area contributed by atoms with Crippen molar-refractivity contribution in [1.29, 1.82) is 0 Å². The summed E-state index contributed by atoms with van der Waals surface area (Å²) in [6.07, 6.45) is 0. The molecule has 116 valence electrons. The van der Waals surface area contributed by atoms with E-state index in [1.54, 1.807) is 33.2 Å². The van der Waals surface area contributed by atoms with Crippen molar-refractivity contribution in [3.8, 4) is 5.75 Å². The summed E-state index contributed by atoms with van der Waals surface area (Å²) in [7, 11) is 3.23. The summed E-state index contributed by atoms with van der Waals surface area (Å²) < 4.78 is 5.42.